The van der Waals surface area contributed by atoms with Crippen LogP contribution in [0, 0.1) is 0 Å². The summed E-state index contributed by atoms with van der Waals surface area (Å²) < 4.78 is 22.2. The molecule has 0 spiro atoms. The molecule has 1 aliphatic rings. The van der Waals surface area contributed by atoms with Crippen LogP contribution >= 0.6 is 0 Å². The molecular weight excluding hydrogens is 438 g/mol. The number of hydrogen-bond donors (Lipinski definition) is 2. The summed E-state index contributed by atoms with van der Waals surface area (Å²) in [5, 5.41) is 9.71. The van der Waals surface area contributed by atoms with Crippen molar-refractivity contribution in [1.82, 2.24) is 0 Å². The van der Waals surface area contributed by atoms with Crippen molar-refractivity contribution >= 4 is 16.9 Å². The molecule has 4 aromatic rings. The minimum atomic E-state index is -0.898. The van der Waals surface area contributed by atoms with E-state index >= 15 is 0 Å². The van der Waals surface area contributed by atoms with Gasteiger partial charge in [-0.25, -0.2) is 4.79 Å². The van der Waals surface area contributed by atoms with Crippen LogP contribution in [0.15, 0.2) is 76.1 Å². The van der Waals surface area contributed by atoms with Gasteiger partial charge >= 0.3 is 5.97 Å². The summed E-state index contributed by atoms with van der Waals surface area (Å²) in [6, 6.07) is 15.4. The van der Waals surface area contributed by atoms with Crippen molar-refractivity contribution in [2.75, 3.05) is 13.2 Å². The van der Waals surface area contributed by atoms with Crippen molar-refractivity contribution in [2.45, 2.75) is 12.5 Å². The minimum Gasteiger partial charge on any atom is -0.508 e. The third-order valence-electron chi connectivity index (χ3n) is 5.51. The molecule has 0 saturated carbocycles. The SMILES string of the molecule is N[C@H](Cc1ccc(O)cc1)C(=O)Oc1ccc2c(=O)c(-c3ccc4c(c3)OCCO4)coc2c1. The maximum atomic E-state index is 13.1. The van der Waals surface area contributed by atoms with E-state index < -0.39 is 12.0 Å². The molecule has 0 bridgehead atoms. The fourth-order valence-corrected chi connectivity index (χ4v) is 3.74. The van der Waals surface area contributed by atoms with Crippen LogP contribution in [-0.2, 0) is 11.2 Å². The van der Waals surface area contributed by atoms with Gasteiger partial charge in [0.15, 0.2) is 16.9 Å². The average Bonchev–Trinajstić information content (AvgIpc) is 2.85. The fourth-order valence-electron chi connectivity index (χ4n) is 3.74. The number of phenols is 1. The summed E-state index contributed by atoms with van der Waals surface area (Å²) >= 11 is 0. The van der Waals surface area contributed by atoms with Crippen LogP contribution in [0.3, 0.4) is 0 Å². The molecule has 0 amide bonds. The second-order valence-electron chi connectivity index (χ2n) is 7.89. The van der Waals surface area contributed by atoms with Gasteiger partial charge in [-0.2, -0.15) is 0 Å². The molecule has 34 heavy (non-hydrogen) atoms. The Balaban J connectivity index is 1.35. The van der Waals surface area contributed by atoms with Crippen molar-refractivity contribution in [1.29, 1.82) is 0 Å². The summed E-state index contributed by atoms with van der Waals surface area (Å²) in [6.07, 6.45) is 1.62. The van der Waals surface area contributed by atoms with Gasteiger partial charge in [-0.15, -0.1) is 0 Å². The molecule has 5 rings (SSSR count). The van der Waals surface area contributed by atoms with E-state index in [1.54, 1.807) is 36.4 Å². The molecule has 8 heteroatoms. The highest BCUT2D eigenvalue weighted by atomic mass is 16.6. The van der Waals surface area contributed by atoms with Gasteiger partial charge in [-0.3, -0.25) is 4.79 Å². The highest BCUT2D eigenvalue weighted by Gasteiger charge is 2.19. The van der Waals surface area contributed by atoms with Crippen LogP contribution in [0.4, 0.5) is 0 Å². The van der Waals surface area contributed by atoms with Crippen molar-refractivity contribution in [3.8, 4) is 34.1 Å². The van der Waals surface area contributed by atoms with Crippen LogP contribution < -0.4 is 25.4 Å². The Morgan fingerprint density at radius 1 is 1.00 bits per heavy atom. The Labute approximate surface area is 194 Å². The van der Waals surface area contributed by atoms with Gasteiger partial charge in [0.25, 0.3) is 0 Å². The number of aromatic hydroxyl groups is 1. The number of fused-ring (bicyclic) bond motifs is 2. The quantitative estimate of drug-likeness (QED) is 0.344. The number of rotatable bonds is 5. The van der Waals surface area contributed by atoms with E-state index in [2.05, 4.69) is 0 Å². The second kappa shape index (κ2) is 8.92. The lowest BCUT2D eigenvalue weighted by Gasteiger charge is -2.18. The largest absolute Gasteiger partial charge is 0.508 e. The number of nitrogens with two attached hydrogens (primary N) is 1. The van der Waals surface area contributed by atoms with E-state index in [4.69, 9.17) is 24.4 Å². The van der Waals surface area contributed by atoms with Crippen molar-refractivity contribution in [3.05, 3.63) is 82.7 Å². The summed E-state index contributed by atoms with van der Waals surface area (Å²) in [7, 11) is 0. The maximum absolute atomic E-state index is 13.1. The normalized spacial score (nSPS) is 13.4. The number of phenolic OH excluding ortho intramolecular Hbond substituents is 1. The van der Waals surface area contributed by atoms with E-state index in [1.807, 2.05) is 0 Å². The number of carbonyl (C=O) groups is 1. The van der Waals surface area contributed by atoms with Crippen molar-refractivity contribution in [2.24, 2.45) is 5.73 Å². The van der Waals surface area contributed by atoms with E-state index in [0.717, 1.165) is 5.56 Å². The van der Waals surface area contributed by atoms with E-state index in [1.165, 1.54) is 30.5 Å². The molecular formula is C26H21NO7. The first-order valence-electron chi connectivity index (χ1n) is 10.7. The van der Waals surface area contributed by atoms with Gasteiger partial charge in [-0.05, 0) is 53.9 Å². The number of ether oxygens (including phenoxy) is 3. The zero-order chi connectivity index (χ0) is 23.7. The molecule has 3 N–H and O–H groups in total. The summed E-state index contributed by atoms with van der Waals surface area (Å²) in [4.78, 5) is 25.5. The third-order valence-corrected chi connectivity index (χ3v) is 5.51. The number of carbonyl (C=O) groups excluding carboxylic acids is 1. The Hall–Kier alpha value is -4.30. The van der Waals surface area contributed by atoms with Crippen molar-refractivity contribution in [3.63, 3.8) is 0 Å². The molecule has 1 atom stereocenters. The topological polar surface area (TPSA) is 121 Å². The fraction of sp³-hybridized carbons (Fsp3) is 0.154. The number of esters is 1. The molecule has 0 radical (unpaired) electrons. The first-order valence-corrected chi connectivity index (χ1v) is 10.7. The molecule has 0 saturated heterocycles. The molecule has 2 heterocycles. The van der Waals surface area contributed by atoms with Crippen molar-refractivity contribution < 1.29 is 28.5 Å². The number of benzene rings is 3. The van der Waals surface area contributed by atoms with Crippen LogP contribution in [0.1, 0.15) is 5.56 Å². The zero-order valence-corrected chi connectivity index (χ0v) is 18.0. The number of hydrogen-bond acceptors (Lipinski definition) is 8. The predicted molar refractivity (Wildman–Crippen MR) is 124 cm³/mol. The summed E-state index contributed by atoms with van der Waals surface area (Å²) in [6.45, 7) is 0.932. The highest BCUT2D eigenvalue weighted by Crippen LogP contribution is 2.34. The highest BCUT2D eigenvalue weighted by molar-refractivity contribution is 5.84. The summed E-state index contributed by atoms with van der Waals surface area (Å²) in [5.74, 6) is 0.940. The third kappa shape index (κ3) is 4.31. The Kier molecular flexibility index (Phi) is 5.65. The first-order chi connectivity index (χ1) is 16.5. The van der Waals surface area contributed by atoms with Gasteiger partial charge in [0, 0.05) is 6.07 Å². The molecule has 1 aromatic heterocycles. The molecule has 172 valence electrons. The standard InChI is InChI=1S/C26H21NO7/c27-21(11-15-1-4-17(28)5-2-15)26(30)34-18-6-7-19-23(13-18)33-14-20(25(19)29)16-3-8-22-24(12-16)32-10-9-31-22/h1-8,12-14,21,28H,9-11,27H2/t21-/m1/s1. The first kappa shape index (κ1) is 21.5. The predicted octanol–water partition coefficient (Wildman–Crippen LogP) is 3.41. The molecule has 0 fully saturated rings. The zero-order valence-electron chi connectivity index (χ0n) is 18.0. The van der Waals surface area contributed by atoms with Gasteiger partial charge in [-0.1, -0.05) is 18.2 Å². The molecule has 1 aliphatic heterocycles. The lowest BCUT2D eigenvalue weighted by Crippen LogP contribution is -2.36. The van der Waals surface area contributed by atoms with Crippen LogP contribution in [0.5, 0.6) is 23.0 Å². The Morgan fingerprint density at radius 3 is 2.56 bits per heavy atom. The molecule has 3 aromatic carbocycles. The van der Waals surface area contributed by atoms with Gasteiger partial charge in [0.05, 0.1) is 10.9 Å². The van der Waals surface area contributed by atoms with Crippen LogP contribution in [-0.4, -0.2) is 30.3 Å². The maximum Gasteiger partial charge on any atom is 0.328 e. The molecule has 0 unspecified atom stereocenters. The van der Waals surface area contributed by atoms with Crippen LogP contribution in [0.25, 0.3) is 22.1 Å². The molecule has 0 aliphatic carbocycles. The monoisotopic (exact) mass is 459 g/mol. The minimum absolute atomic E-state index is 0.134. The van der Waals surface area contributed by atoms with Gasteiger partial charge in [0.2, 0.25) is 0 Å². The van der Waals surface area contributed by atoms with E-state index in [9.17, 15) is 14.7 Å². The summed E-state index contributed by atoms with van der Waals surface area (Å²) in [5.41, 5.74) is 7.85. The second-order valence-corrected chi connectivity index (χ2v) is 7.89. The van der Waals surface area contributed by atoms with Crippen LogP contribution in [0.2, 0.25) is 0 Å². The Morgan fingerprint density at radius 2 is 1.76 bits per heavy atom. The van der Waals surface area contributed by atoms with Gasteiger partial charge < -0.3 is 29.5 Å². The Bertz CT molecular complexity index is 1430. The average molecular weight is 459 g/mol. The van der Waals surface area contributed by atoms with Gasteiger partial charge in [0.1, 0.15) is 42.6 Å². The lowest BCUT2D eigenvalue weighted by atomic mass is 10.0. The molecule has 8 nitrogen and oxygen atoms in total. The lowest BCUT2D eigenvalue weighted by molar-refractivity contribution is -0.135. The smallest absolute Gasteiger partial charge is 0.328 e. The van der Waals surface area contributed by atoms with E-state index in [-0.39, 0.29) is 28.9 Å². The van der Waals surface area contributed by atoms with E-state index in [0.29, 0.717) is 41.2 Å².